The van der Waals surface area contributed by atoms with Crippen molar-refractivity contribution in [2.45, 2.75) is 37.6 Å². The minimum atomic E-state index is 0.615. The third kappa shape index (κ3) is 1.19. The van der Waals surface area contributed by atoms with Crippen molar-refractivity contribution in [1.29, 1.82) is 0 Å². The van der Waals surface area contributed by atoms with Crippen molar-refractivity contribution in [2.75, 3.05) is 7.05 Å². The van der Waals surface area contributed by atoms with Gasteiger partial charge >= 0.3 is 0 Å². The second-order valence-corrected chi connectivity index (χ2v) is 4.57. The minimum Gasteiger partial charge on any atom is -0.313 e. The molecule has 0 spiro atoms. The van der Waals surface area contributed by atoms with Gasteiger partial charge in [0.1, 0.15) is 0 Å². The molecular weight excluding hydrogens is 170 g/mol. The van der Waals surface area contributed by atoms with Crippen LogP contribution >= 0.6 is 0 Å². The fourth-order valence-corrected chi connectivity index (χ4v) is 2.76. The Morgan fingerprint density at radius 1 is 1.14 bits per heavy atom. The SMILES string of the molecule is CNC1CCc2c(C3CC3)cccc21. The summed E-state index contributed by atoms with van der Waals surface area (Å²) in [7, 11) is 2.07. The Bertz CT molecular complexity index is 352. The van der Waals surface area contributed by atoms with Crippen LogP contribution in [0.5, 0.6) is 0 Å². The van der Waals surface area contributed by atoms with Gasteiger partial charge in [-0.25, -0.2) is 0 Å². The average molecular weight is 187 g/mol. The lowest BCUT2D eigenvalue weighted by molar-refractivity contribution is 0.590. The van der Waals surface area contributed by atoms with Crippen molar-refractivity contribution in [3.8, 4) is 0 Å². The summed E-state index contributed by atoms with van der Waals surface area (Å²) in [6.45, 7) is 0. The van der Waals surface area contributed by atoms with Crippen LogP contribution in [0, 0.1) is 0 Å². The smallest absolute Gasteiger partial charge is 0.0323 e. The highest BCUT2D eigenvalue weighted by molar-refractivity contribution is 5.44. The lowest BCUT2D eigenvalue weighted by Crippen LogP contribution is -2.12. The molecule has 2 aliphatic rings. The van der Waals surface area contributed by atoms with Crippen LogP contribution in [-0.2, 0) is 6.42 Å². The molecule has 3 rings (SSSR count). The Balaban J connectivity index is 2.05. The van der Waals surface area contributed by atoms with Gasteiger partial charge in [0.15, 0.2) is 0 Å². The van der Waals surface area contributed by atoms with Crippen LogP contribution < -0.4 is 5.32 Å². The molecule has 0 bridgehead atoms. The summed E-state index contributed by atoms with van der Waals surface area (Å²) in [6.07, 6.45) is 5.41. The molecule has 2 aliphatic carbocycles. The average Bonchev–Trinajstić information content (AvgIpc) is 2.97. The van der Waals surface area contributed by atoms with Gasteiger partial charge in [0, 0.05) is 6.04 Å². The van der Waals surface area contributed by atoms with E-state index < -0.39 is 0 Å². The fraction of sp³-hybridized carbons (Fsp3) is 0.538. The molecule has 1 heteroatoms. The maximum absolute atomic E-state index is 3.41. The summed E-state index contributed by atoms with van der Waals surface area (Å²) in [5.41, 5.74) is 4.88. The molecule has 0 amide bonds. The molecule has 1 atom stereocenters. The molecule has 1 fully saturated rings. The summed E-state index contributed by atoms with van der Waals surface area (Å²) in [5, 5.41) is 3.41. The first kappa shape index (κ1) is 8.49. The van der Waals surface area contributed by atoms with Crippen molar-refractivity contribution in [1.82, 2.24) is 5.32 Å². The number of nitrogens with one attached hydrogen (secondary N) is 1. The molecule has 14 heavy (non-hydrogen) atoms. The Morgan fingerprint density at radius 3 is 2.64 bits per heavy atom. The Morgan fingerprint density at radius 2 is 1.93 bits per heavy atom. The summed E-state index contributed by atoms with van der Waals surface area (Å²) < 4.78 is 0. The van der Waals surface area contributed by atoms with Gasteiger partial charge in [-0.2, -0.15) is 0 Å². The van der Waals surface area contributed by atoms with E-state index in [2.05, 4.69) is 30.6 Å². The molecular formula is C13H17N. The lowest BCUT2D eigenvalue weighted by atomic mass is 9.99. The van der Waals surface area contributed by atoms with Crippen LogP contribution in [-0.4, -0.2) is 7.05 Å². The minimum absolute atomic E-state index is 0.615. The largest absolute Gasteiger partial charge is 0.313 e. The van der Waals surface area contributed by atoms with Gasteiger partial charge in [0.2, 0.25) is 0 Å². The molecule has 74 valence electrons. The van der Waals surface area contributed by atoms with Gasteiger partial charge in [-0.05, 0) is 55.3 Å². The van der Waals surface area contributed by atoms with Crippen molar-refractivity contribution >= 4 is 0 Å². The highest BCUT2D eigenvalue weighted by atomic mass is 14.9. The number of hydrogen-bond donors (Lipinski definition) is 1. The van der Waals surface area contributed by atoms with Gasteiger partial charge in [-0.15, -0.1) is 0 Å². The standard InChI is InChI=1S/C13H17N/c1-14-13-8-7-11-10(9-5-6-9)3-2-4-12(11)13/h2-4,9,13-14H,5-8H2,1H3. The molecule has 1 aromatic carbocycles. The van der Waals surface area contributed by atoms with Crippen molar-refractivity contribution < 1.29 is 0 Å². The topological polar surface area (TPSA) is 12.0 Å². The van der Waals surface area contributed by atoms with Crippen LogP contribution in [0.2, 0.25) is 0 Å². The highest BCUT2D eigenvalue weighted by Crippen LogP contribution is 2.45. The zero-order valence-corrected chi connectivity index (χ0v) is 8.72. The maximum atomic E-state index is 3.41. The Labute approximate surface area is 85.5 Å². The molecule has 1 nitrogen and oxygen atoms in total. The van der Waals surface area contributed by atoms with Gasteiger partial charge < -0.3 is 5.32 Å². The Kier molecular flexibility index (Phi) is 1.88. The number of benzene rings is 1. The van der Waals surface area contributed by atoms with Crippen molar-refractivity contribution in [3.05, 3.63) is 34.9 Å². The number of hydrogen-bond acceptors (Lipinski definition) is 1. The second kappa shape index (κ2) is 3.09. The molecule has 0 radical (unpaired) electrons. The third-order valence-corrected chi connectivity index (χ3v) is 3.67. The first-order chi connectivity index (χ1) is 6.90. The zero-order chi connectivity index (χ0) is 9.54. The van der Waals surface area contributed by atoms with Gasteiger partial charge in [0.25, 0.3) is 0 Å². The molecule has 0 aromatic heterocycles. The van der Waals surface area contributed by atoms with E-state index in [0.29, 0.717) is 6.04 Å². The van der Waals surface area contributed by atoms with Crippen molar-refractivity contribution in [2.24, 2.45) is 0 Å². The molecule has 0 saturated heterocycles. The molecule has 1 saturated carbocycles. The van der Waals surface area contributed by atoms with Crippen molar-refractivity contribution in [3.63, 3.8) is 0 Å². The predicted octanol–water partition coefficient (Wildman–Crippen LogP) is 2.77. The summed E-state index contributed by atoms with van der Waals surface area (Å²) >= 11 is 0. The molecule has 0 aliphatic heterocycles. The second-order valence-electron chi connectivity index (χ2n) is 4.57. The van der Waals surface area contributed by atoms with Crippen LogP contribution in [0.25, 0.3) is 0 Å². The molecule has 1 unspecified atom stereocenters. The number of rotatable bonds is 2. The lowest BCUT2D eigenvalue weighted by Gasteiger charge is -2.11. The van der Waals surface area contributed by atoms with Crippen LogP contribution in [0.3, 0.4) is 0 Å². The normalized spacial score (nSPS) is 25.1. The highest BCUT2D eigenvalue weighted by Gasteiger charge is 2.30. The van der Waals surface area contributed by atoms with Gasteiger partial charge in [-0.3, -0.25) is 0 Å². The number of fused-ring (bicyclic) bond motifs is 1. The zero-order valence-electron chi connectivity index (χ0n) is 8.72. The quantitative estimate of drug-likeness (QED) is 0.750. The fourth-order valence-electron chi connectivity index (χ4n) is 2.76. The summed E-state index contributed by atoms with van der Waals surface area (Å²) in [4.78, 5) is 0. The van der Waals surface area contributed by atoms with Crippen LogP contribution in [0.1, 0.15) is 47.9 Å². The molecule has 1 N–H and O–H groups in total. The Hall–Kier alpha value is -0.820. The van der Waals surface area contributed by atoms with Gasteiger partial charge in [0.05, 0.1) is 0 Å². The first-order valence-corrected chi connectivity index (χ1v) is 5.69. The van der Waals surface area contributed by atoms with Gasteiger partial charge in [-0.1, -0.05) is 18.2 Å². The van der Waals surface area contributed by atoms with E-state index in [1.807, 2.05) is 0 Å². The monoisotopic (exact) mass is 187 g/mol. The molecule has 1 aromatic rings. The van der Waals surface area contributed by atoms with Crippen LogP contribution in [0.4, 0.5) is 0 Å². The summed E-state index contributed by atoms with van der Waals surface area (Å²) in [6, 6.07) is 7.50. The van der Waals surface area contributed by atoms with E-state index in [9.17, 15) is 0 Å². The van der Waals surface area contributed by atoms with E-state index >= 15 is 0 Å². The molecule has 0 heterocycles. The van der Waals surface area contributed by atoms with Crippen LogP contribution in [0.15, 0.2) is 18.2 Å². The first-order valence-electron chi connectivity index (χ1n) is 5.69. The van der Waals surface area contributed by atoms with E-state index in [1.165, 1.54) is 25.7 Å². The van der Waals surface area contributed by atoms with E-state index in [4.69, 9.17) is 0 Å². The summed E-state index contributed by atoms with van der Waals surface area (Å²) in [5.74, 6) is 0.903. The van der Waals surface area contributed by atoms with E-state index in [1.54, 1.807) is 16.7 Å². The third-order valence-electron chi connectivity index (χ3n) is 3.67. The maximum Gasteiger partial charge on any atom is 0.0323 e. The van der Waals surface area contributed by atoms with E-state index in [-0.39, 0.29) is 0 Å². The van der Waals surface area contributed by atoms with E-state index in [0.717, 1.165) is 5.92 Å². The predicted molar refractivity (Wildman–Crippen MR) is 58.5 cm³/mol.